The van der Waals surface area contributed by atoms with Gasteiger partial charge in [-0.3, -0.25) is 14.4 Å². The molecule has 1 aliphatic heterocycles. The van der Waals surface area contributed by atoms with E-state index in [1.54, 1.807) is 0 Å². The summed E-state index contributed by atoms with van der Waals surface area (Å²) in [6.07, 6.45) is -4.00. The molecule has 1 N–H and O–H groups in total. The number of rotatable bonds is 5. The molecule has 5 atom stereocenters. The Morgan fingerprint density at radius 3 is 1.86 bits per heavy atom. The smallest absolute Gasteiger partial charge is 0.303 e. The minimum atomic E-state index is -1.07. The van der Waals surface area contributed by atoms with E-state index in [-0.39, 0.29) is 0 Å². The second-order valence-electron chi connectivity index (χ2n) is 4.54. The lowest BCUT2D eigenvalue weighted by Gasteiger charge is -2.43. The largest absolute Gasteiger partial charge is 0.456 e. The van der Waals surface area contributed by atoms with Gasteiger partial charge in [-0.25, -0.2) is 0 Å². The number of carbonyl (C=O) groups excluding carboxylic acids is 3. The van der Waals surface area contributed by atoms with E-state index < -0.39 is 54.4 Å². The first-order valence-electron chi connectivity index (χ1n) is 6.35. The first kappa shape index (κ1) is 19.5. The van der Waals surface area contributed by atoms with Crippen molar-refractivity contribution in [3.05, 3.63) is 0 Å². The zero-order chi connectivity index (χ0) is 16.9. The van der Waals surface area contributed by atoms with Gasteiger partial charge in [-0.2, -0.15) is 0 Å². The standard InChI is InChI=1S/C12H17IO8S/c1-5(15)18-9-8(4-14)21-12(22-13)11(20-7(3)17)10(9)19-6(2)16/h8-12,14H,4H2,1-3H3/t8?,9-,10?,11?,12-/m1/s1. The third-order valence-corrected chi connectivity index (χ3v) is 4.82. The zero-order valence-electron chi connectivity index (χ0n) is 12.2. The molecular weight excluding hydrogens is 431 g/mol. The highest BCUT2D eigenvalue weighted by Crippen LogP contribution is 2.36. The van der Waals surface area contributed by atoms with Gasteiger partial charge in [0, 0.05) is 20.8 Å². The van der Waals surface area contributed by atoms with Crippen molar-refractivity contribution in [1.29, 1.82) is 0 Å². The molecule has 0 amide bonds. The lowest BCUT2D eigenvalue weighted by molar-refractivity contribution is -0.235. The van der Waals surface area contributed by atoms with Crippen molar-refractivity contribution in [2.45, 2.75) is 50.6 Å². The van der Waals surface area contributed by atoms with Crippen LogP contribution in [-0.2, 0) is 33.3 Å². The van der Waals surface area contributed by atoms with Crippen LogP contribution in [0.3, 0.4) is 0 Å². The number of aliphatic hydroxyl groups excluding tert-OH is 1. The summed E-state index contributed by atoms with van der Waals surface area (Å²) in [4.78, 5) is 33.9. The maximum atomic E-state index is 11.3. The van der Waals surface area contributed by atoms with E-state index in [4.69, 9.17) is 18.9 Å². The lowest BCUT2D eigenvalue weighted by atomic mass is 9.99. The summed E-state index contributed by atoms with van der Waals surface area (Å²) in [5.41, 5.74) is -0.683. The Balaban J connectivity index is 3.14. The third kappa shape index (κ3) is 5.25. The van der Waals surface area contributed by atoms with Crippen LogP contribution in [0.5, 0.6) is 0 Å². The third-order valence-electron chi connectivity index (χ3n) is 2.77. The summed E-state index contributed by atoms with van der Waals surface area (Å²) < 4.78 is 21.0. The van der Waals surface area contributed by atoms with Crippen LogP contribution in [0.1, 0.15) is 20.8 Å². The molecule has 1 rings (SSSR count). The van der Waals surface area contributed by atoms with Crippen LogP contribution in [0.15, 0.2) is 0 Å². The second-order valence-corrected chi connectivity index (χ2v) is 6.71. The van der Waals surface area contributed by atoms with Crippen molar-refractivity contribution in [2.75, 3.05) is 6.61 Å². The maximum absolute atomic E-state index is 11.3. The Hall–Kier alpha value is -0.590. The average molecular weight is 448 g/mol. The molecule has 0 bridgehead atoms. The number of halogens is 1. The quantitative estimate of drug-likeness (QED) is 0.367. The van der Waals surface area contributed by atoms with Gasteiger partial charge < -0.3 is 24.1 Å². The Labute approximate surface area is 143 Å². The van der Waals surface area contributed by atoms with Gasteiger partial charge in [-0.15, -0.1) is 0 Å². The SMILES string of the molecule is CC(=O)OC1C(OC(C)=O)[C@@H](SI)OC(CO)[C@H]1OC(C)=O. The van der Waals surface area contributed by atoms with Gasteiger partial charge in [0.25, 0.3) is 0 Å². The number of esters is 3. The van der Waals surface area contributed by atoms with E-state index in [0.29, 0.717) is 0 Å². The molecular formula is C12H17IO8S. The van der Waals surface area contributed by atoms with Crippen LogP contribution >= 0.6 is 30.1 Å². The maximum Gasteiger partial charge on any atom is 0.303 e. The molecule has 0 aromatic rings. The fraction of sp³-hybridized carbons (Fsp3) is 0.750. The molecule has 1 heterocycles. The van der Waals surface area contributed by atoms with Crippen molar-refractivity contribution in [3.8, 4) is 0 Å². The van der Waals surface area contributed by atoms with E-state index in [9.17, 15) is 19.5 Å². The first-order chi connectivity index (χ1) is 10.3. The molecule has 8 nitrogen and oxygen atoms in total. The molecule has 126 valence electrons. The number of ether oxygens (including phenoxy) is 4. The second kappa shape index (κ2) is 8.89. The molecule has 0 saturated carbocycles. The van der Waals surface area contributed by atoms with Gasteiger partial charge in [0.05, 0.1) is 6.61 Å². The Kier molecular flexibility index (Phi) is 7.86. The Morgan fingerprint density at radius 1 is 1.00 bits per heavy atom. The van der Waals surface area contributed by atoms with Crippen LogP contribution < -0.4 is 0 Å². The molecule has 3 unspecified atom stereocenters. The predicted octanol–water partition coefficient (Wildman–Crippen LogP) is 0.582. The van der Waals surface area contributed by atoms with Crippen molar-refractivity contribution >= 4 is 48.0 Å². The highest BCUT2D eigenvalue weighted by Gasteiger charge is 2.51. The van der Waals surface area contributed by atoms with Crippen molar-refractivity contribution in [2.24, 2.45) is 0 Å². The lowest BCUT2D eigenvalue weighted by Crippen LogP contribution is -2.61. The average Bonchev–Trinajstić information content (AvgIpc) is 2.41. The zero-order valence-corrected chi connectivity index (χ0v) is 15.2. The molecule has 0 radical (unpaired) electrons. The predicted molar refractivity (Wildman–Crippen MR) is 84.0 cm³/mol. The van der Waals surface area contributed by atoms with Crippen LogP contribution in [0.2, 0.25) is 0 Å². The van der Waals surface area contributed by atoms with E-state index in [1.807, 2.05) is 21.2 Å². The van der Waals surface area contributed by atoms with Crippen LogP contribution in [0.4, 0.5) is 0 Å². The van der Waals surface area contributed by atoms with E-state index in [2.05, 4.69) is 0 Å². The minimum absolute atomic E-state index is 0.448. The van der Waals surface area contributed by atoms with Crippen molar-refractivity contribution < 1.29 is 38.4 Å². The number of aliphatic hydroxyl groups is 1. The van der Waals surface area contributed by atoms with Gasteiger partial charge in [0.1, 0.15) is 6.10 Å². The topological polar surface area (TPSA) is 108 Å². The van der Waals surface area contributed by atoms with E-state index in [1.165, 1.54) is 29.7 Å². The Morgan fingerprint density at radius 2 is 1.45 bits per heavy atom. The van der Waals surface area contributed by atoms with Gasteiger partial charge in [-0.05, 0) is 21.2 Å². The molecule has 0 aromatic carbocycles. The summed E-state index contributed by atoms with van der Waals surface area (Å²) in [5.74, 6) is -1.85. The Bertz CT molecular complexity index is 401. The van der Waals surface area contributed by atoms with E-state index >= 15 is 0 Å². The fourth-order valence-corrected chi connectivity index (χ4v) is 3.80. The molecule has 1 fully saturated rings. The monoisotopic (exact) mass is 448 g/mol. The number of hydrogen-bond acceptors (Lipinski definition) is 9. The van der Waals surface area contributed by atoms with Gasteiger partial charge >= 0.3 is 17.9 Å². The van der Waals surface area contributed by atoms with Crippen molar-refractivity contribution in [1.82, 2.24) is 0 Å². The molecule has 10 heteroatoms. The van der Waals surface area contributed by atoms with Crippen LogP contribution in [0, 0.1) is 0 Å². The molecule has 1 aliphatic rings. The van der Waals surface area contributed by atoms with Gasteiger partial charge in [0.2, 0.25) is 0 Å². The first-order valence-corrected chi connectivity index (χ1v) is 9.77. The molecule has 0 spiro atoms. The van der Waals surface area contributed by atoms with Crippen LogP contribution in [0.25, 0.3) is 0 Å². The minimum Gasteiger partial charge on any atom is -0.456 e. The van der Waals surface area contributed by atoms with E-state index in [0.717, 1.165) is 0 Å². The summed E-state index contributed by atoms with van der Waals surface area (Å²) in [6.45, 7) is 3.12. The number of hydrogen-bond donors (Lipinski definition) is 1. The normalized spacial score (nSPS) is 31.2. The summed E-state index contributed by atoms with van der Waals surface area (Å²) >= 11 is 1.94. The van der Waals surface area contributed by atoms with Gasteiger partial charge in [0.15, 0.2) is 23.7 Å². The highest BCUT2D eigenvalue weighted by atomic mass is 127. The van der Waals surface area contributed by atoms with Crippen molar-refractivity contribution in [3.63, 3.8) is 0 Å². The summed E-state index contributed by atoms with van der Waals surface area (Å²) in [6, 6.07) is 0. The molecule has 1 saturated heterocycles. The fourth-order valence-electron chi connectivity index (χ4n) is 2.07. The molecule has 22 heavy (non-hydrogen) atoms. The number of carbonyl (C=O) groups is 3. The summed E-state index contributed by atoms with van der Waals surface area (Å²) in [7, 11) is 1.19. The van der Waals surface area contributed by atoms with Gasteiger partial charge in [-0.1, -0.05) is 8.93 Å². The summed E-state index contributed by atoms with van der Waals surface area (Å²) in [5, 5.41) is 9.43. The molecule has 0 aromatic heterocycles. The molecule has 0 aliphatic carbocycles. The highest BCUT2D eigenvalue weighted by molar-refractivity contribution is 14.2. The van der Waals surface area contributed by atoms with Crippen LogP contribution in [-0.4, -0.2) is 59.5 Å².